The van der Waals surface area contributed by atoms with Crippen LogP contribution >= 0.6 is 0 Å². The second-order valence-electron chi connectivity index (χ2n) is 9.42. The fourth-order valence-electron chi connectivity index (χ4n) is 3.46. The lowest BCUT2D eigenvalue weighted by Gasteiger charge is -2.29. The molecule has 6 atom stereocenters. The number of hydrogen-bond acceptors (Lipinski definition) is 6. The van der Waals surface area contributed by atoms with Gasteiger partial charge in [-0.1, -0.05) is 64.4 Å². The van der Waals surface area contributed by atoms with Gasteiger partial charge in [0.25, 0.3) is 0 Å². The number of aliphatic hydroxyl groups excluding tert-OH is 1. The van der Waals surface area contributed by atoms with Crippen molar-refractivity contribution in [3.05, 3.63) is 35.9 Å². The van der Waals surface area contributed by atoms with E-state index in [9.17, 15) is 29.4 Å². The fourth-order valence-corrected chi connectivity index (χ4v) is 3.46. The number of carboxylic acid groups (broad SMARTS) is 1. The van der Waals surface area contributed by atoms with Crippen LogP contribution in [0.1, 0.15) is 53.0 Å². The Morgan fingerprint density at radius 2 is 1.46 bits per heavy atom. The molecule has 0 aliphatic carbocycles. The first-order chi connectivity index (χ1) is 16.4. The Labute approximate surface area is 207 Å². The van der Waals surface area contributed by atoms with Crippen LogP contribution in [0.25, 0.3) is 0 Å². The third-order valence-corrected chi connectivity index (χ3v) is 5.85. The lowest BCUT2D eigenvalue weighted by molar-refractivity contribution is -0.142. The zero-order chi connectivity index (χ0) is 26.7. The van der Waals surface area contributed by atoms with E-state index in [0.29, 0.717) is 6.42 Å². The molecule has 0 aromatic heterocycles. The standard InChI is InChI=1S/C25H40N4O6/c1-6-15(4)21(24(33)28-19(25(34)35)13-17-10-8-7-9-11-17)29-22(31)18(12-14(2)3)27-23(32)20(26)16(5)30/h7-11,14-16,18-21,30H,6,12-13,26H2,1-5H3,(H,27,32)(H,28,33)(H,29,31)(H,34,35). The van der Waals surface area contributed by atoms with Crippen molar-refractivity contribution in [3.63, 3.8) is 0 Å². The smallest absolute Gasteiger partial charge is 0.326 e. The number of nitrogens with one attached hydrogen (secondary N) is 3. The third-order valence-electron chi connectivity index (χ3n) is 5.85. The highest BCUT2D eigenvalue weighted by Crippen LogP contribution is 2.12. The van der Waals surface area contributed by atoms with Crippen molar-refractivity contribution >= 4 is 23.7 Å². The van der Waals surface area contributed by atoms with Crippen molar-refractivity contribution < 1.29 is 29.4 Å². The molecule has 10 nitrogen and oxygen atoms in total. The topological polar surface area (TPSA) is 171 Å². The van der Waals surface area contributed by atoms with Crippen molar-refractivity contribution in [3.8, 4) is 0 Å². The Morgan fingerprint density at radius 3 is 1.94 bits per heavy atom. The molecule has 6 unspecified atom stereocenters. The number of carboxylic acids is 1. The Morgan fingerprint density at radius 1 is 0.886 bits per heavy atom. The number of aliphatic hydroxyl groups is 1. The zero-order valence-corrected chi connectivity index (χ0v) is 21.2. The van der Waals surface area contributed by atoms with E-state index in [-0.39, 0.29) is 24.7 Å². The number of carbonyl (C=O) groups is 4. The van der Waals surface area contributed by atoms with Gasteiger partial charge < -0.3 is 31.9 Å². The van der Waals surface area contributed by atoms with E-state index in [4.69, 9.17) is 5.73 Å². The van der Waals surface area contributed by atoms with Crippen molar-refractivity contribution in [2.24, 2.45) is 17.6 Å². The van der Waals surface area contributed by atoms with Crippen LogP contribution in [0.3, 0.4) is 0 Å². The van der Waals surface area contributed by atoms with E-state index in [1.54, 1.807) is 31.2 Å². The minimum atomic E-state index is -1.21. The van der Waals surface area contributed by atoms with Gasteiger partial charge in [-0.2, -0.15) is 0 Å². The number of carbonyl (C=O) groups excluding carboxylic acids is 3. The molecular formula is C25H40N4O6. The number of benzene rings is 1. The summed E-state index contributed by atoms with van der Waals surface area (Å²) in [6.07, 6.45) is -0.186. The lowest BCUT2D eigenvalue weighted by Crippen LogP contribution is -2.59. The number of nitrogens with two attached hydrogens (primary N) is 1. The molecule has 0 saturated carbocycles. The molecule has 0 aliphatic heterocycles. The van der Waals surface area contributed by atoms with E-state index in [1.807, 2.05) is 26.8 Å². The predicted octanol–water partition coefficient (Wildman–Crippen LogP) is 0.568. The van der Waals surface area contributed by atoms with Gasteiger partial charge in [0.2, 0.25) is 17.7 Å². The van der Waals surface area contributed by atoms with Gasteiger partial charge in [-0.15, -0.1) is 0 Å². The van der Waals surface area contributed by atoms with Gasteiger partial charge in [0, 0.05) is 6.42 Å². The summed E-state index contributed by atoms with van der Waals surface area (Å²) in [6.45, 7) is 8.75. The van der Waals surface area contributed by atoms with Crippen LogP contribution in [0.4, 0.5) is 0 Å². The van der Waals surface area contributed by atoms with E-state index < -0.39 is 54.0 Å². The molecule has 0 heterocycles. The maximum atomic E-state index is 13.1. The molecule has 35 heavy (non-hydrogen) atoms. The summed E-state index contributed by atoms with van der Waals surface area (Å²) in [4.78, 5) is 50.4. The van der Waals surface area contributed by atoms with Crippen LogP contribution in [0.2, 0.25) is 0 Å². The van der Waals surface area contributed by atoms with Crippen molar-refractivity contribution in [1.29, 1.82) is 0 Å². The summed E-state index contributed by atoms with van der Waals surface area (Å²) in [6, 6.07) is 4.54. The fraction of sp³-hybridized carbons (Fsp3) is 0.600. The number of hydrogen-bond donors (Lipinski definition) is 6. The molecule has 0 aliphatic rings. The van der Waals surface area contributed by atoms with E-state index in [0.717, 1.165) is 5.56 Å². The highest BCUT2D eigenvalue weighted by atomic mass is 16.4. The van der Waals surface area contributed by atoms with E-state index in [1.165, 1.54) is 6.92 Å². The number of aliphatic carboxylic acids is 1. The number of amides is 3. The molecule has 0 saturated heterocycles. The summed E-state index contributed by atoms with van der Waals surface area (Å²) in [5, 5.41) is 27.0. The Hall–Kier alpha value is -2.98. The minimum Gasteiger partial charge on any atom is -0.480 e. The molecule has 196 valence electrons. The largest absolute Gasteiger partial charge is 0.480 e. The summed E-state index contributed by atoms with van der Waals surface area (Å²) in [7, 11) is 0. The minimum absolute atomic E-state index is 0.0342. The van der Waals surface area contributed by atoms with Crippen LogP contribution in [0.5, 0.6) is 0 Å². The van der Waals surface area contributed by atoms with Crippen molar-refractivity contribution in [2.45, 2.75) is 84.2 Å². The molecule has 0 fully saturated rings. The molecule has 10 heteroatoms. The van der Waals surface area contributed by atoms with Crippen LogP contribution in [0.15, 0.2) is 30.3 Å². The highest BCUT2D eigenvalue weighted by Gasteiger charge is 2.33. The molecule has 0 spiro atoms. The molecule has 1 aromatic carbocycles. The van der Waals surface area contributed by atoms with Crippen LogP contribution in [-0.2, 0) is 25.6 Å². The first-order valence-corrected chi connectivity index (χ1v) is 12.0. The molecule has 7 N–H and O–H groups in total. The third kappa shape index (κ3) is 10.0. The van der Waals surface area contributed by atoms with Gasteiger partial charge in [0.15, 0.2) is 0 Å². The maximum Gasteiger partial charge on any atom is 0.326 e. The molecule has 1 aromatic rings. The van der Waals surface area contributed by atoms with Crippen LogP contribution < -0.4 is 21.7 Å². The van der Waals surface area contributed by atoms with E-state index in [2.05, 4.69) is 16.0 Å². The Balaban J connectivity index is 3.03. The molecule has 3 amide bonds. The van der Waals surface area contributed by atoms with E-state index >= 15 is 0 Å². The molecule has 0 bridgehead atoms. The van der Waals surface area contributed by atoms with Gasteiger partial charge in [-0.05, 0) is 30.7 Å². The Bertz CT molecular complexity index is 846. The quantitative estimate of drug-likeness (QED) is 0.220. The molecular weight excluding hydrogens is 452 g/mol. The van der Waals surface area contributed by atoms with Gasteiger partial charge in [-0.25, -0.2) is 4.79 Å². The lowest BCUT2D eigenvalue weighted by atomic mass is 9.96. The van der Waals surface area contributed by atoms with Gasteiger partial charge in [0.05, 0.1) is 6.10 Å². The monoisotopic (exact) mass is 492 g/mol. The molecule has 0 radical (unpaired) electrons. The summed E-state index contributed by atoms with van der Waals surface area (Å²) in [5.41, 5.74) is 6.44. The second-order valence-corrected chi connectivity index (χ2v) is 9.42. The average molecular weight is 493 g/mol. The summed E-state index contributed by atoms with van der Waals surface area (Å²) < 4.78 is 0. The van der Waals surface area contributed by atoms with Crippen LogP contribution in [-0.4, -0.2) is 64.2 Å². The van der Waals surface area contributed by atoms with Gasteiger partial charge in [0.1, 0.15) is 24.2 Å². The average Bonchev–Trinajstić information content (AvgIpc) is 2.80. The molecule has 1 rings (SSSR count). The second kappa shape index (κ2) is 14.4. The highest BCUT2D eigenvalue weighted by molar-refractivity contribution is 5.94. The first kappa shape index (κ1) is 30.1. The SMILES string of the molecule is CCC(C)C(NC(=O)C(CC(C)C)NC(=O)C(N)C(C)O)C(=O)NC(Cc1ccccc1)C(=O)O. The Kier molecular flexibility index (Phi) is 12.4. The summed E-state index contributed by atoms with van der Waals surface area (Å²) in [5.74, 6) is -3.34. The normalized spacial score (nSPS) is 16.3. The maximum absolute atomic E-state index is 13.1. The summed E-state index contributed by atoms with van der Waals surface area (Å²) >= 11 is 0. The van der Waals surface area contributed by atoms with Crippen LogP contribution in [0, 0.1) is 11.8 Å². The van der Waals surface area contributed by atoms with Crippen molar-refractivity contribution in [2.75, 3.05) is 0 Å². The predicted molar refractivity (Wildman–Crippen MR) is 132 cm³/mol. The van der Waals surface area contributed by atoms with Crippen molar-refractivity contribution in [1.82, 2.24) is 16.0 Å². The van der Waals surface area contributed by atoms with Gasteiger partial charge in [-0.3, -0.25) is 14.4 Å². The first-order valence-electron chi connectivity index (χ1n) is 12.0. The number of rotatable bonds is 14. The van der Waals surface area contributed by atoms with Gasteiger partial charge >= 0.3 is 5.97 Å². The zero-order valence-electron chi connectivity index (χ0n) is 21.2.